The third-order valence-electron chi connectivity index (χ3n) is 4.64. The molecule has 2 atom stereocenters. The molecule has 27 heavy (non-hydrogen) atoms. The highest BCUT2D eigenvalue weighted by Crippen LogP contribution is 2.24. The number of benzene rings is 1. The van der Waals surface area contributed by atoms with E-state index in [1.807, 2.05) is 12.1 Å². The van der Waals surface area contributed by atoms with E-state index in [0.717, 1.165) is 12.1 Å². The number of hydrogen-bond acceptors (Lipinski definition) is 6. The maximum absolute atomic E-state index is 12.3. The van der Waals surface area contributed by atoms with Gasteiger partial charge < -0.3 is 10.6 Å². The van der Waals surface area contributed by atoms with Gasteiger partial charge in [0.15, 0.2) is 0 Å². The third-order valence-corrected chi connectivity index (χ3v) is 5.56. The van der Waals surface area contributed by atoms with Crippen molar-refractivity contribution in [3.05, 3.63) is 24.3 Å². The van der Waals surface area contributed by atoms with Crippen LogP contribution in [-0.4, -0.2) is 43.8 Å². The second-order valence-electron chi connectivity index (χ2n) is 6.83. The summed E-state index contributed by atoms with van der Waals surface area (Å²) in [6.07, 6.45) is 4.63. The number of nitrogens with one attached hydrogen (secondary N) is 2. The number of tetrazole rings is 1. The topological polar surface area (TPSA) is 102 Å². The van der Waals surface area contributed by atoms with Crippen LogP contribution in [0.5, 0.6) is 0 Å². The highest BCUT2D eigenvalue weighted by molar-refractivity contribution is 7.99. The van der Waals surface area contributed by atoms with Gasteiger partial charge in [0.1, 0.15) is 0 Å². The molecule has 0 aliphatic heterocycles. The van der Waals surface area contributed by atoms with E-state index in [9.17, 15) is 9.59 Å². The number of carbonyl (C=O) groups excluding carboxylic acids is 2. The number of anilines is 1. The Morgan fingerprint density at radius 3 is 2.89 bits per heavy atom. The molecule has 0 bridgehead atoms. The molecule has 1 heterocycles. The highest BCUT2D eigenvalue weighted by atomic mass is 32.2. The summed E-state index contributed by atoms with van der Waals surface area (Å²) in [5, 5.41) is 18.1. The van der Waals surface area contributed by atoms with Gasteiger partial charge >= 0.3 is 0 Å². The summed E-state index contributed by atoms with van der Waals surface area (Å²) >= 11 is 1.29. The van der Waals surface area contributed by atoms with Crippen molar-refractivity contribution in [3.63, 3.8) is 0 Å². The van der Waals surface area contributed by atoms with E-state index < -0.39 is 0 Å². The average molecular weight is 388 g/mol. The summed E-state index contributed by atoms with van der Waals surface area (Å²) in [7, 11) is 0. The second kappa shape index (κ2) is 8.98. The van der Waals surface area contributed by atoms with E-state index in [0.29, 0.717) is 16.8 Å². The van der Waals surface area contributed by atoms with Gasteiger partial charge in [-0.25, -0.2) is 0 Å². The van der Waals surface area contributed by atoms with Crippen molar-refractivity contribution >= 4 is 29.3 Å². The van der Waals surface area contributed by atoms with Gasteiger partial charge in [-0.15, -0.1) is 5.10 Å². The Hall–Kier alpha value is -2.42. The van der Waals surface area contributed by atoms with Gasteiger partial charge in [-0.3, -0.25) is 9.59 Å². The van der Waals surface area contributed by atoms with Gasteiger partial charge in [0, 0.05) is 18.7 Å². The first-order chi connectivity index (χ1) is 13.0. The summed E-state index contributed by atoms with van der Waals surface area (Å²) in [6, 6.07) is 7.49. The maximum atomic E-state index is 12.3. The largest absolute Gasteiger partial charge is 0.352 e. The Morgan fingerprint density at radius 1 is 1.30 bits per heavy atom. The van der Waals surface area contributed by atoms with Crippen molar-refractivity contribution in [3.8, 4) is 5.69 Å². The van der Waals surface area contributed by atoms with Crippen LogP contribution >= 0.6 is 11.8 Å². The molecule has 0 spiro atoms. The molecule has 0 unspecified atom stereocenters. The average Bonchev–Trinajstić information content (AvgIpc) is 3.10. The molecule has 2 amide bonds. The van der Waals surface area contributed by atoms with Crippen molar-refractivity contribution in [2.24, 2.45) is 5.92 Å². The number of carbonyl (C=O) groups is 2. The minimum atomic E-state index is -0.146. The van der Waals surface area contributed by atoms with E-state index in [1.54, 1.807) is 16.8 Å². The van der Waals surface area contributed by atoms with Crippen molar-refractivity contribution in [1.29, 1.82) is 0 Å². The molecule has 3 rings (SSSR count). The number of thioether (sulfide) groups is 1. The van der Waals surface area contributed by atoms with Crippen LogP contribution in [-0.2, 0) is 9.59 Å². The lowest BCUT2D eigenvalue weighted by Crippen LogP contribution is -2.41. The van der Waals surface area contributed by atoms with Crippen LogP contribution in [0.1, 0.15) is 39.5 Å². The molecular formula is C18H24N6O2S. The molecule has 8 nitrogen and oxygen atoms in total. The lowest BCUT2D eigenvalue weighted by Gasteiger charge is -2.29. The Labute approximate surface area is 162 Å². The van der Waals surface area contributed by atoms with Gasteiger partial charge in [0.25, 0.3) is 0 Å². The van der Waals surface area contributed by atoms with E-state index in [-0.39, 0.29) is 23.6 Å². The van der Waals surface area contributed by atoms with Gasteiger partial charge in [-0.2, -0.15) is 4.68 Å². The molecule has 1 aliphatic carbocycles. The Morgan fingerprint density at radius 2 is 2.11 bits per heavy atom. The van der Waals surface area contributed by atoms with Crippen molar-refractivity contribution in [2.45, 2.75) is 50.7 Å². The van der Waals surface area contributed by atoms with Crippen LogP contribution in [0.4, 0.5) is 5.69 Å². The molecule has 0 radical (unpaired) electrons. The van der Waals surface area contributed by atoms with Crippen LogP contribution in [0.25, 0.3) is 5.69 Å². The minimum Gasteiger partial charge on any atom is -0.352 e. The highest BCUT2D eigenvalue weighted by Gasteiger charge is 2.23. The quantitative estimate of drug-likeness (QED) is 0.737. The molecule has 9 heteroatoms. The van der Waals surface area contributed by atoms with E-state index in [1.165, 1.54) is 37.9 Å². The fraction of sp³-hybridized carbons (Fsp3) is 0.500. The molecule has 2 aromatic rings. The summed E-state index contributed by atoms with van der Waals surface area (Å²) in [5.41, 5.74) is 1.38. The molecule has 144 valence electrons. The van der Waals surface area contributed by atoms with Crippen LogP contribution in [0, 0.1) is 5.92 Å². The van der Waals surface area contributed by atoms with E-state index >= 15 is 0 Å². The molecular weight excluding hydrogens is 364 g/mol. The molecule has 1 aliphatic rings. The zero-order valence-corrected chi connectivity index (χ0v) is 16.3. The maximum Gasteiger partial charge on any atom is 0.230 e. The monoisotopic (exact) mass is 388 g/mol. The molecule has 2 N–H and O–H groups in total. The number of hydrogen-bond donors (Lipinski definition) is 2. The van der Waals surface area contributed by atoms with E-state index in [2.05, 4.69) is 33.1 Å². The Kier molecular flexibility index (Phi) is 6.44. The Bertz CT molecular complexity index is 809. The van der Waals surface area contributed by atoms with Crippen LogP contribution in [0.3, 0.4) is 0 Å². The van der Waals surface area contributed by atoms with Crippen molar-refractivity contribution in [1.82, 2.24) is 25.5 Å². The molecule has 1 aromatic carbocycles. The lowest BCUT2D eigenvalue weighted by molar-refractivity contribution is -0.119. The zero-order chi connectivity index (χ0) is 19.2. The van der Waals surface area contributed by atoms with Crippen molar-refractivity contribution < 1.29 is 9.59 Å². The van der Waals surface area contributed by atoms with Crippen LogP contribution in [0.15, 0.2) is 29.4 Å². The first kappa shape index (κ1) is 19.3. The smallest absolute Gasteiger partial charge is 0.230 e. The predicted molar refractivity (Wildman–Crippen MR) is 104 cm³/mol. The van der Waals surface area contributed by atoms with Crippen molar-refractivity contribution in [2.75, 3.05) is 11.1 Å². The van der Waals surface area contributed by atoms with Gasteiger partial charge in [-0.05, 0) is 47.4 Å². The first-order valence-corrected chi connectivity index (χ1v) is 10.1. The lowest BCUT2D eigenvalue weighted by atomic mass is 9.86. The van der Waals surface area contributed by atoms with Crippen LogP contribution in [0.2, 0.25) is 0 Å². The summed E-state index contributed by atoms with van der Waals surface area (Å²) in [4.78, 5) is 23.6. The molecule has 1 fully saturated rings. The standard InChI is InChI=1S/C18H24N6O2S/c1-12-6-3-4-9-16(12)20-17(26)11-27-18-21-22-23-24(18)15-8-5-7-14(10-15)19-13(2)25/h5,7-8,10,12,16H,3-4,6,9,11H2,1-2H3,(H,19,25)(H,20,26)/t12-,16+/m1/s1. The molecule has 1 saturated carbocycles. The van der Waals surface area contributed by atoms with Crippen LogP contribution < -0.4 is 10.6 Å². The summed E-state index contributed by atoms with van der Waals surface area (Å²) in [6.45, 7) is 3.65. The predicted octanol–water partition coefficient (Wildman–Crippen LogP) is 2.41. The zero-order valence-electron chi connectivity index (χ0n) is 15.5. The fourth-order valence-electron chi connectivity index (χ4n) is 3.26. The molecule has 1 aromatic heterocycles. The minimum absolute atomic E-state index is 0.000275. The van der Waals surface area contributed by atoms with Gasteiger partial charge in [0.05, 0.1) is 11.4 Å². The number of rotatable bonds is 6. The number of aromatic nitrogens is 4. The van der Waals surface area contributed by atoms with E-state index in [4.69, 9.17) is 0 Å². The first-order valence-electron chi connectivity index (χ1n) is 9.11. The number of amides is 2. The fourth-order valence-corrected chi connectivity index (χ4v) is 3.96. The third kappa shape index (κ3) is 5.29. The van der Waals surface area contributed by atoms with Gasteiger partial charge in [-0.1, -0.05) is 37.6 Å². The SMILES string of the molecule is CC(=O)Nc1cccc(-n2nnnc2SCC(=O)N[C@H]2CCCC[C@H]2C)c1. The summed E-state index contributed by atoms with van der Waals surface area (Å²) in [5.74, 6) is 0.636. The Balaban J connectivity index is 1.62. The normalized spacial score (nSPS) is 19.5. The summed E-state index contributed by atoms with van der Waals surface area (Å²) < 4.78 is 1.56. The van der Waals surface area contributed by atoms with Gasteiger partial charge in [0.2, 0.25) is 17.0 Å². The number of nitrogens with zero attached hydrogens (tertiary/aromatic N) is 4. The second-order valence-corrected chi connectivity index (χ2v) is 7.77. The molecule has 0 saturated heterocycles.